The lowest BCUT2D eigenvalue weighted by atomic mass is 9.97. The fraction of sp³-hybridized carbons (Fsp3) is 0.429. The molecule has 0 aliphatic carbocycles. The van der Waals surface area contributed by atoms with Crippen LogP contribution >= 0.6 is 0 Å². The smallest absolute Gasteiger partial charge is 0.220 e. The van der Waals surface area contributed by atoms with Crippen molar-refractivity contribution in [3.63, 3.8) is 0 Å². The molecule has 1 amide bonds. The Morgan fingerprint density at radius 2 is 2.33 bits per heavy atom. The molecule has 1 fully saturated rings. The summed E-state index contributed by atoms with van der Waals surface area (Å²) in [4.78, 5) is 25.4. The quantitative estimate of drug-likeness (QED) is 0.866. The Kier molecular flexibility index (Phi) is 3.77. The highest BCUT2D eigenvalue weighted by atomic mass is 16.2. The van der Waals surface area contributed by atoms with Crippen molar-refractivity contribution in [1.82, 2.24) is 4.90 Å². The van der Waals surface area contributed by atoms with Crippen molar-refractivity contribution in [2.75, 3.05) is 6.54 Å². The van der Waals surface area contributed by atoms with Crippen molar-refractivity contribution in [2.45, 2.75) is 31.8 Å². The first-order valence-corrected chi connectivity index (χ1v) is 6.14. The van der Waals surface area contributed by atoms with Crippen LogP contribution in [-0.2, 0) is 9.59 Å². The topological polar surface area (TPSA) is 63.4 Å². The molecule has 4 nitrogen and oxygen atoms in total. The van der Waals surface area contributed by atoms with Gasteiger partial charge in [0.25, 0.3) is 0 Å². The molecule has 2 unspecified atom stereocenters. The van der Waals surface area contributed by atoms with Gasteiger partial charge in [0.1, 0.15) is 0 Å². The van der Waals surface area contributed by atoms with Crippen LogP contribution in [0.25, 0.3) is 0 Å². The summed E-state index contributed by atoms with van der Waals surface area (Å²) in [6.45, 7) is 2.15. The summed E-state index contributed by atoms with van der Waals surface area (Å²) >= 11 is 0. The SMILES string of the molecule is CC(=O)N1CCCC1C(=O)C(N)c1c[c]ccc1. The minimum Gasteiger partial charge on any atom is -0.333 e. The average Bonchev–Trinajstić information content (AvgIpc) is 2.87. The Morgan fingerprint density at radius 3 is 2.94 bits per heavy atom. The third-order valence-corrected chi connectivity index (χ3v) is 3.38. The molecule has 4 heteroatoms. The van der Waals surface area contributed by atoms with Gasteiger partial charge in [-0.3, -0.25) is 9.59 Å². The summed E-state index contributed by atoms with van der Waals surface area (Å²) in [7, 11) is 0. The molecule has 18 heavy (non-hydrogen) atoms. The second kappa shape index (κ2) is 5.31. The normalized spacial score (nSPS) is 20.8. The van der Waals surface area contributed by atoms with Crippen molar-refractivity contribution >= 4 is 11.7 Å². The molecule has 0 bridgehead atoms. The van der Waals surface area contributed by atoms with E-state index in [2.05, 4.69) is 6.07 Å². The zero-order valence-corrected chi connectivity index (χ0v) is 10.4. The lowest BCUT2D eigenvalue weighted by molar-refractivity contribution is -0.136. The second-order valence-electron chi connectivity index (χ2n) is 4.59. The van der Waals surface area contributed by atoms with E-state index in [9.17, 15) is 9.59 Å². The number of ketones is 1. The Morgan fingerprint density at radius 1 is 1.56 bits per heavy atom. The maximum atomic E-state index is 12.3. The Hall–Kier alpha value is -1.68. The first-order valence-electron chi connectivity index (χ1n) is 6.14. The van der Waals surface area contributed by atoms with Crippen LogP contribution in [0, 0.1) is 6.07 Å². The predicted molar refractivity (Wildman–Crippen MR) is 67.6 cm³/mol. The van der Waals surface area contributed by atoms with Gasteiger partial charge in [0.2, 0.25) is 5.91 Å². The van der Waals surface area contributed by atoms with Crippen LogP contribution < -0.4 is 5.73 Å². The molecular weight excluding hydrogens is 228 g/mol. The Bertz CT molecular complexity index is 444. The first-order chi connectivity index (χ1) is 8.61. The van der Waals surface area contributed by atoms with Crippen LogP contribution in [0.3, 0.4) is 0 Å². The van der Waals surface area contributed by atoms with Gasteiger partial charge in [-0.15, -0.1) is 0 Å². The molecule has 2 N–H and O–H groups in total. The third kappa shape index (κ3) is 2.43. The summed E-state index contributed by atoms with van der Waals surface area (Å²) in [5, 5.41) is 0. The predicted octanol–water partition coefficient (Wildman–Crippen LogP) is 1.07. The molecule has 2 rings (SSSR count). The number of nitrogens with two attached hydrogens (primary N) is 1. The van der Waals surface area contributed by atoms with Crippen LogP contribution in [0.2, 0.25) is 0 Å². The van der Waals surface area contributed by atoms with E-state index in [1.54, 1.807) is 23.1 Å². The molecule has 1 heterocycles. The zero-order chi connectivity index (χ0) is 13.1. The number of carbonyl (C=O) groups excluding carboxylic acids is 2. The largest absolute Gasteiger partial charge is 0.333 e. The fourth-order valence-corrected chi connectivity index (χ4v) is 2.41. The van der Waals surface area contributed by atoms with Crippen molar-refractivity contribution in [1.29, 1.82) is 0 Å². The van der Waals surface area contributed by atoms with E-state index in [-0.39, 0.29) is 17.7 Å². The van der Waals surface area contributed by atoms with Crippen LogP contribution in [-0.4, -0.2) is 29.2 Å². The summed E-state index contributed by atoms with van der Waals surface area (Å²) in [5.74, 6) is -0.139. The highest BCUT2D eigenvalue weighted by Gasteiger charge is 2.35. The number of benzene rings is 1. The highest BCUT2D eigenvalue weighted by Crippen LogP contribution is 2.23. The number of carbonyl (C=O) groups is 2. The molecule has 1 aliphatic rings. The summed E-state index contributed by atoms with van der Waals surface area (Å²) in [6, 6.07) is 8.97. The molecule has 1 radical (unpaired) electrons. The molecule has 1 saturated heterocycles. The minimum absolute atomic E-state index is 0.0577. The molecule has 1 aromatic carbocycles. The number of amides is 1. The number of hydrogen-bond acceptors (Lipinski definition) is 3. The molecule has 2 atom stereocenters. The average molecular weight is 245 g/mol. The van der Waals surface area contributed by atoms with Crippen LogP contribution in [0.5, 0.6) is 0 Å². The van der Waals surface area contributed by atoms with E-state index in [0.29, 0.717) is 13.0 Å². The number of nitrogens with zero attached hydrogens (tertiary/aromatic N) is 1. The summed E-state index contributed by atoms with van der Waals surface area (Å²) < 4.78 is 0. The molecule has 95 valence electrons. The van der Waals surface area contributed by atoms with Crippen LogP contribution in [0.4, 0.5) is 0 Å². The standard InChI is InChI=1S/C14H17N2O2/c1-10(17)16-9-5-8-12(16)14(18)13(15)11-6-3-2-4-7-11/h2-3,6-7,12-13H,5,8-9,15H2,1H3. The molecule has 0 spiro atoms. The second-order valence-corrected chi connectivity index (χ2v) is 4.59. The van der Waals surface area contributed by atoms with E-state index in [1.165, 1.54) is 6.92 Å². The number of rotatable bonds is 3. The maximum Gasteiger partial charge on any atom is 0.220 e. The fourth-order valence-electron chi connectivity index (χ4n) is 2.41. The monoisotopic (exact) mass is 245 g/mol. The van der Waals surface area contributed by atoms with Crippen molar-refractivity contribution in [3.05, 3.63) is 35.9 Å². The number of likely N-dealkylation sites (tertiary alicyclic amines) is 1. The van der Waals surface area contributed by atoms with Crippen LogP contribution in [0.1, 0.15) is 31.4 Å². The first kappa shape index (κ1) is 12.8. The molecular formula is C14H17N2O2. The lowest BCUT2D eigenvalue weighted by Gasteiger charge is -2.24. The summed E-state index contributed by atoms with van der Waals surface area (Å²) in [5.41, 5.74) is 6.72. The minimum atomic E-state index is -0.674. The Labute approximate surface area is 107 Å². The number of Topliss-reactive ketones (excluding diaryl/α,β-unsaturated/α-hetero) is 1. The maximum absolute atomic E-state index is 12.3. The molecule has 1 aromatic rings. The molecule has 0 saturated carbocycles. The van der Waals surface area contributed by atoms with Gasteiger partial charge in [0.05, 0.1) is 12.1 Å². The van der Waals surface area contributed by atoms with Gasteiger partial charge in [-0.1, -0.05) is 18.2 Å². The van der Waals surface area contributed by atoms with Crippen LogP contribution in [0.15, 0.2) is 24.3 Å². The Balaban J connectivity index is 2.14. The van der Waals surface area contributed by atoms with Gasteiger partial charge in [0.15, 0.2) is 5.78 Å². The molecule has 0 aromatic heterocycles. The third-order valence-electron chi connectivity index (χ3n) is 3.38. The van der Waals surface area contributed by atoms with Gasteiger partial charge in [0, 0.05) is 13.5 Å². The van der Waals surface area contributed by atoms with Gasteiger partial charge < -0.3 is 10.6 Å². The van der Waals surface area contributed by atoms with Gasteiger partial charge in [-0.2, -0.15) is 0 Å². The molecule has 1 aliphatic heterocycles. The van der Waals surface area contributed by atoms with Crippen molar-refractivity contribution < 1.29 is 9.59 Å². The van der Waals surface area contributed by atoms with Crippen molar-refractivity contribution in [3.8, 4) is 0 Å². The van der Waals surface area contributed by atoms with Gasteiger partial charge in [-0.25, -0.2) is 0 Å². The zero-order valence-electron chi connectivity index (χ0n) is 10.4. The summed E-state index contributed by atoms with van der Waals surface area (Å²) in [6.07, 6.45) is 1.58. The van der Waals surface area contributed by atoms with Gasteiger partial charge >= 0.3 is 0 Å². The van der Waals surface area contributed by atoms with E-state index >= 15 is 0 Å². The van der Waals surface area contributed by atoms with E-state index in [4.69, 9.17) is 5.73 Å². The van der Waals surface area contributed by atoms with Gasteiger partial charge in [-0.05, 0) is 30.5 Å². The van der Waals surface area contributed by atoms with E-state index in [1.807, 2.05) is 6.07 Å². The highest BCUT2D eigenvalue weighted by molar-refractivity contribution is 5.93. The van der Waals surface area contributed by atoms with E-state index < -0.39 is 6.04 Å². The number of hydrogen-bond donors (Lipinski definition) is 1. The van der Waals surface area contributed by atoms with E-state index in [0.717, 1.165) is 12.0 Å². The lowest BCUT2D eigenvalue weighted by Crippen LogP contribution is -2.43. The van der Waals surface area contributed by atoms with Crippen molar-refractivity contribution in [2.24, 2.45) is 5.73 Å².